The van der Waals surface area contributed by atoms with E-state index in [1.165, 1.54) is 7.11 Å². The minimum absolute atomic E-state index is 0.161. The van der Waals surface area contributed by atoms with Crippen LogP contribution in [-0.4, -0.2) is 30.2 Å². The number of hydrogen-bond donors (Lipinski definition) is 2. The Hall–Kier alpha value is -0.490. The fraction of sp³-hybridized carbons (Fsp3) is 0.667. The second kappa shape index (κ2) is 5.41. The van der Waals surface area contributed by atoms with Gasteiger partial charge in [0.05, 0.1) is 4.88 Å². The van der Waals surface area contributed by atoms with Crippen LogP contribution in [0.15, 0.2) is 5.51 Å². The molecule has 1 unspecified atom stereocenters. The molecule has 0 saturated heterocycles. The Balaban J connectivity index is 2.69. The molecule has 0 bridgehead atoms. The van der Waals surface area contributed by atoms with E-state index >= 15 is 0 Å². The van der Waals surface area contributed by atoms with Crippen LogP contribution >= 0.6 is 11.3 Å². The Morgan fingerprint density at radius 1 is 1.64 bits per heavy atom. The zero-order valence-electron chi connectivity index (χ0n) is 8.43. The molecule has 14 heavy (non-hydrogen) atoms. The van der Waals surface area contributed by atoms with Crippen LogP contribution in [0.2, 0.25) is 0 Å². The number of methoxy groups -OCH3 is 1. The summed E-state index contributed by atoms with van der Waals surface area (Å²) in [6, 6.07) is 0. The highest BCUT2D eigenvalue weighted by Gasteiger charge is 2.17. The summed E-state index contributed by atoms with van der Waals surface area (Å²) in [7, 11) is 1.47. The van der Waals surface area contributed by atoms with E-state index in [0.717, 1.165) is 10.6 Å². The van der Waals surface area contributed by atoms with Gasteiger partial charge in [0.25, 0.3) is 0 Å². The molecule has 5 heteroatoms. The van der Waals surface area contributed by atoms with Gasteiger partial charge in [-0.25, -0.2) is 0 Å². The summed E-state index contributed by atoms with van der Waals surface area (Å²) in [4.78, 5) is 1.15. The van der Waals surface area contributed by atoms with Crippen molar-refractivity contribution in [3.63, 3.8) is 0 Å². The van der Waals surface area contributed by atoms with Crippen LogP contribution in [-0.2, 0) is 17.7 Å². The highest BCUT2D eigenvalue weighted by molar-refractivity contribution is 7.09. The predicted molar refractivity (Wildman–Crippen MR) is 53.1 cm³/mol. The molecule has 0 spiro atoms. The number of aliphatic hydroxyl groups is 2. The number of aromatic nitrogens is 1. The van der Waals surface area contributed by atoms with Crippen molar-refractivity contribution in [3.8, 4) is 0 Å². The normalized spacial score (nSPS) is 13.1. The highest BCUT2D eigenvalue weighted by Crippen LogP contribution is 2.11. The molecule has 1 heterocycles. The zero-order chi connectivity index (χ0) is 10.6. The summed E-state index contributed by atoms with van der Waals surface area (Å²) in [6.07, 6.45) is -0.0951. The fourth-order valence-electron chi connectivity index (χ4n) is 1.22. The van der Waals surface area contributed by atoms with E-state index < -0.39 is 6.29 Å². The lowest BCUT2D eigenvalue weighted by Crippen LogP contribution is -2.41. The minimum atomic E-state index is -0.768. The molecule has 80 valence electrons. The first kappa shape index (κ1) is 11.6. The van der Waals surface area contributed by atoms with Crippen molar-refractivity contribution in [2.24, 2.45) is 0 Å². The molecule has 0 radical (unpaired) electrons. The van der Waals surface area contributed by atoms with Gasteiger partial charge in [0.2, 0.25) is 11.8 Å². The Morgan fingerprint density at radius 3 is 2.93 bits per heavy atom. The average molecular weight is 218 g/mol. The predicted octanol–water partition coefficient (Wildman–Crippen LogP) is -0.156. The van der Waals surface area contributed by atoms with Gasteiger partial charge in [-0.3, -0.25) is 0 Å². The van der Waals surface area contributed by atoms with E-state index in [0.29, 0.717) is 13.0 Å². The second-order valence-electron chi connectivity index (χ2n) is 3.05. The molecular formula is C9H16NO3S+. The molecule has 1 aromatic heterocycles. The number of ether oxygens (including phenoxy) is 1. The van der Waals surface area contributed by atoms with Crippen LogP contribution in [0.4, 0.5) is 0 Å². The summed E-state index contributed by atoms with van der Waals surface area (Å²) in [6.45, 7) is 2.57. The lowest BCUT2D eigenvalue weighted by molar-refractivity contribution is -0.711. The van der Waals surface area contributed by atoms with Gasteiger partial charge in [0.15, 0.2) is 12.2 Å². The summed E-state index contributed by atoms with van der Waals surface area (Å²) in [5.74, 6) is 0. The van der Waals surface area contributed by atoms with Gasteiger partial charge in [0, 0.05) is 27.1 Å². The van der Waals surface area contributed by atoms with E-state index in [-0.39, 0.29) is 6.61 Å². The smallest absolute Gasteiger partial charge is 0.225 e. The summed E-state index contributed by atoms with van der Waals surface area (Å²) >= 11 is 1.59. The fourth-order valence-corrected chi connectivity index (χ4v) is 2.21. The maximum atomic E-state index is 9.29. The van der Waals surface area contributed by atoms with E-state index in [4.69, 9.17) is 9.84 Å². The van der Waals surface area contributed by atoms with Gasteiger partial charge >= 0.3 is 0 Å². The molecule has 1 aromatic rings. The minimum Gasteiger partial charge on any atom is -0.396 e. The average Bonchev–Trinajstić information content (AvgIpc) is 2.50. The number of aliphatic hydroxyl groups excluding tert-OH is 2. The Morgan fingerprint density at radius 2 is 2.36 bits per heavy atom. The monoisotopic (exact) mass is 218 g/mol. The Labute approximate surface area is 87.4 Å². The van der Waals surface area contributed by atoms with Crippen LogP contribution in [0.3, 0.4) is 0 Å². The molecule has 0 aliphatic rings. The zero-order valence-corrected chi connectivity index (χ0v) is 9.25. The van der Waals surface area contributed by atoms with Gasteiger partial charge in [0.1, 0.15) is 0 Å². The van der Waals surface area contributed by atoms with Crippen LogP contribution in [0.1, 0.15) is 10.6 Å². The quantitative estimate of drug-likeness (QED) is 0.533. The van der Waals surface area contributed by atoms with Gasteiger partial charge in [-0.05, 0) is 0 Å². The van der Waals surface area contributed by atoms with Gasteiger partial charge in [-0.2, -0.15) is 4.57 Å². The van der Waals surface area contributed by atoms with Crippen molar-refractivity contribution in [2.75, 3.05) is 13.7 Å². The van der Waals surface area contributed by atoms with Crippen LogP contribution in [0.25, 0.3) is 0 Å². The lowest BCUT2D eigenvalue weighted by atomic mass is 10.3. The third kappa shape index (κ3) is 2.75. The van der Waals surface area contributed by atoms with Crippen LogP contribution in [0.5, 0.6) is 0 Å². The second-order valence-corrected chi connectivity index (χ2v) is 3.99. The topological polar surface area (TPSA) is 53.6 Å². The first-order valence-electron chi connectivity index (χ1n) is 4.47. The largest absolute Gasteiger partial charge is 0.396 e. The highest BCUT2D eigenvalue weighted by atomic mass is 32.1. The van der Waals surface area contributed by atoms with Crippen molar-refractivity contribution in [1.82, 2.24) is 0 Å². The number of nitrogens with zero attached hydrogens (tertiary/aromatic N) is 1. The van der Waals surface area contributed by atoms with Crippen molar-refractivity contribution in [2.45, 2.75) is 26.2 Å². The standard InChI is InChI=1S/C9H16NO3S/c1-7-8(3-4-11)14-6-10(7)5-9(12)13-2/h6,9,11-12H,3-5H2,1-2H3/q+1. The summed E-state index contributed by atoms with van der Waals surface area (Å²) in [5.41, 5.74) is 3.02. The third-order valence-corrected chi connectivity index (χ3v) is 3.26. The van der Waals surface area contributed by atoms with Crippen molar-refractivity contribution in [1.29, 1.82) is 0 Å². The molecule has 0 fully saturated rings. The van der Waals surface area contributed by atoms with E-state index in [1.54, 1.807) is 11.3 Å². The molecule has 0 amide bonds. The number of thiazole rings is 1. The van der Waals surface area contributed by atoms with Gasteiger partial charge in [-0.1, -0.05) is 11.3 Å². The van der Waals surface area contributed by atoms with Crippen molar-refractivity contribution < 1.29 is 19.5 Å². The molecule has 0 aliphatic carbocycles. The number of hydrogen-bond acceptors (Lipinski definition) is 4. The van der Waals surface area contributed by atoms with E-state index in [9.17, 15) is 5.11 Å². The van der Waals surface area contributed by atoms with Gasteiger partial charge in [-0.15, -0.1) is 0 Å². The van der Waals surface area contributed by atoms with Crippen molar-refractivity contribution >= 4 is 11.3 Å². The maximum absolute atomic E-state index is 9.29. The van der Waals surface area contributed by atoms with Crippen molar-refractivity contribution in [3.05, 3.63) is 16.1 Å². The summed E-state index contributed by atoms with van der Waals surface area (Å²) in [5, 5.41) is 18.1. The maximum Gasteiger partial charge on any atom is 0.225 e. The third-order valence-electron chi connectivity index (χ3n) is 2.12. The molecule has 2 N–H and O–H groups in total. The number of rotatable bonds is 5. The molecular weight excluding hydrogens is 202 g/mol. The summed E-state index contributed by atoms with van der Waals surface area (Å²) < 4.78 is 6.70. The van der Waals surface area contributed by atoms with E-state index in [1.807, 2.05) is 17.0 Å². The van der Waals surface area contributed by atoms with Gasteiger partial charge < -0.3 is 14.9 Å². The molecule has 0 aromatic carbocycles. The Bertz CT molecular complexity index is 288. The molecule has 4 nitrogen and oxygen atoms in total. The Kier molecular flexibility index (Phi) is 4.47. The SMILES string of the molecule is COC(O)C[n+]1csc(CCO)c1C. The molecule has 1 rings (SSSR count). The first-order chi connectivity index (χ1) is 6.69. The lowest BCUT2D eigenvalue weighted by Gasteiger charge is -2.03. The molecule has 0 saturated carbocycles. The van der Waals surface area contributed by atoms with Crippen LogP contribution < -0.4 is 4.57 Å². The molecule has 1 atom stereocenters. The molecule has 0 aliphatic heterocycles. The van der Waals surface area contributed by atoms with Crippen LogP contribution in [0, 0.1) is 6.92 Å². The van der Waals surface area contributed by atoms with E-state index in [2.05, 4.69) is 0 Å². The first-order valence-corrected chi connectivity index (χ1v) is 5.35.